The van der Waals surface area contributed by atoms with Crippen LogP contribution in [0.5, 0.6) is 0 Å². The number of hydrogen-bond acceptors (Lipinski definition) is 3. The van der Waals surface area contributed by atoms with Crippen molar-refractivity contribution in [3.63, 3.8) is 0 Å². The summed E-state index contributed by atoms with van der Waals surface area (Å²) in [4.78, 5) is 25.6. The molecule has 1 atom stereocenters. The van der Waals surface area contributed by atoms with Gasteiger partial charge in [-0.25, -0.2) is 10.2 Å². The van der Waals surface area contributed by atoms with E-state index in [4.69, 9.17) is 0 Å². The first-order chi connectivity index (χ1) is 14.1. The summed E-state index contributed by atoms with van der Waals surface area (Å²) >= 11 is 1.35. The standard InChI is InChI=1S/C23H23N3O2S/c1-15-7-9-16(10-8-15)19-13-14-29-21(19)22(27)25-26-23(28)24-20(18-11-12-18)17-5-3-2-4-6-17/h2-10,13-14,18,20H,11-12H2,1H3,(H,25,27)(H2,24,26,28)/t20-/m0/s1. The van der Waals surface area contributed by atoms with E-state index in [1.807, 2.05) is 73.0 Å². The van der Waals surface area contributed by atoms with E-state index in [0.717, 1.165) is 35.1 Å². The minimum atomic E-state index is -0.410. The lowest BCUT2D eigenvalue weighted by atomic mass is 10.0. The molecular weight excluding hydrogens is 382 g/mol. The first-order valence-corrected chi connectivity index (χ1v) is 10.6. The Kier molecular flexibility index (Phi) is 5.62. The number of thiophene rings is 1. The molecule has 3 aromatic rings. The summed E-state index contributed by atoms with van der Waals surface area (Å²) in [5.41, 5.74) is 9.11. The molecule has 0 aliphatic heterocycles. The molecule has 6 heteroatoms. The van der Waals surface area contributed by atoms with E-state index in [2.05, 4.69) is 16.2 Å². The predicted molar refractivity (Wildman–Crippen MR) is 116 cm³/mol. The molecule has 3 amide bonds. The monoisotopic (exact) mass is 405 g/mol. The van der Waals surface area contributed by atoms with Crippen molar-refractivity contribution < 1.29 is 9.59 Å². The SMILES string of the molecule is Cc1ccc(-c2ccsc2C(=O)NNC(=O)N[C@@H](c2ccccc2)C2CC2)cc1. The lowest BCUT2D eigenvalue weighted by molar-refractivity contribution is 0.0940. The number of amides is 3. The highest BCUT2D eigenvalue weighted by Crippen LogP contribution is 2.40. The van der Waals surface area contributed by atoms with Crippen LogP contribution in [-0.4, -0.2) is 11.9 Å². The molecule has 1 aliphatic rings. The van der Waals surface area contributed by atoms with Gasteiger partial charge in [0, 0.05) is 5.56 Å². The van der Waals surface area contributed by atoms with E-state index in [1.165, 1.54) is 11.3 Å². The van der Waals surface area contributed by atoms with E-state index in [9.17, 15) is 9.59 Å². The Labute approximate surface area is 174 Å². The van der Waals surface area contributed by atoms with Crippen molar-refractivity contribution in [3.8, 4) is 11.1 Å². The van der Waals surface area contributed by atoms with E-state index >= 15 is 0 Å². The molecule has 0 radical (unpaired) electrons. The van der Waals surface area contributed by atoms with E-state index in [0.29, 0.717) is 10.8 Å². The molecule has 1 aliphatic carbocycles. The Bertz CT molecular complexity index is 994. The van der Waals surface area contributed by atoms with Gasteiger partial charge in [-0.05, 0) is 48.3 Å². The van der Waals surface area contributed by atoms with Gasteiger partial charge in [0.05, 0.1) is 6.04 Å². The molecule has 1 saturated carbocycles. The summed E-state index contributed by atoms with van der Waals surface area (Å²) in [6.07, 6.45) is 2.20. The van der Waals surface area contributed by atoms with Crippen LogP contribution in [0.25, 0.3) is 11.1 Å². The van der Waals surface area contributed by atoms with Crippen LogP contribution in [0.4, 0.5) is 4.79 Å². The molecule has 1 fully saturated rings. The van der Waals surface area contributed by atoms with E-state index in [-0.39, 0.29) is 11.9 Å². The van der Waals surface area contributed by atoms with Crippen molar-refractivity contribution in [2.24, 2.45) is 5.92 Å². The third-order valence-corrected chi connectivity index (χ3v) is 5.98. The van der Waals surface area contributed by atoms with Gasteiger partial charge in [-0.2, -0.15) is 0 Å². The van der Waals surface area contributed by atoms with Gasteiger partial charge in [0.2, 0.25) is 0 Å². The molecule has 1 aromatic heterocycles. The van der Waals surface area contributed by atoms with Crippen LogP contribution in [0.1, 0.15) is 39.7 Å². The number of carbonyl (C=O) groups excluding carboxylic acids is 2. The summed E-state index contributed by atoms with van der Waals surface area (Å²) in [5.74, 6) is 0.123. The van der Waals surface area contributed by atoms with Gasteiger partial charge in [0.25, 0.3) is 5.91 Å². The highest BCUT2D eigenvalue weighted by Gasteiger charge is 2.33. The number of benzene rings is 2. The normalized spacial score (nSPS) is 14.1. The molecule has 0 saturated heterocycles. The maximum absolute atomic E-state index is 12.6. The summed E-state index contributed by atoms with van der Waals surface area (Å²) < 4.78 is 0. The Balaban J connectivity index is 1.38. The van der Waals surface area contributed by atoms with Crippen LogP contribution < -0.4 is 16.2 Å². The second kappa shape index (κ2) is 8.49. The van der Waals surface area contributed by atoms with Gasteiger partial charge >= 0.3 is 6.03 Å². The number of rotatable bonds is 5. The first kappa shape index (κ1) is 19.2. The van der Waals surface area contributed by atoms with Crippen molar-refractivity contribution >= 4 is 23.3 Å². The van der Waals surface area contributed by atoms with Crippen molar-refractivity contribution in [1.82, 2.24) is 16.2 Å². The maximum atomic E-state index is 12.6. The fourth-order valence-electron chi connectivity index (χ4n) is 3.36. The molecule has 4 rings (SSSR count). The second-order valence-corrected chi connectivity index (χ2v) is 8.22. The smallest absolute Gasteiger partial charge is 0.330 e. The molecule has 1 heterocycles. The van der Waals surface area contributed by atoms with Gasteiger partial charge in [0.1, 0.15) is 4.88 Å². The minimum Gasteiger partial charge on any atom is -0.330 e. The van der Waals surface area contributed by atoms with Crippen molar-refractivity contribution in [3.05, 3.63) is 82.0 Å². The van der Waals surface area contributed by atoms with Crippen LogP contribution >= 0.6 is 11.3 Å². The van der Waals surface area contributed by atoms with Gasteiger partial charge in [0.15, 0.2) is 0 Å². The lowest BCUT2D eigenvalue weighted by Gasteiger charge is -2.19. The van der Waals surface area contributed by atoms with Gasteiger partial charge in [-0.1, -0.05) is 60.2 Å². The molecule has 5 nitrogen and oxygen atoms in total. The van der Waals surface area contributed by atoms with E-state index in [1.54, 1.807) is 0 Å². The Morgan fingerprint density at radius 2 is 1.69 bits per heavy atom. The van der Waals surface area contributed by atoms with Crippen molar-refractivity contribution in [2.75, 3.05) is 0 Å². The highest BCUT2D eigenvalue weighted by atomic mass is 32.1. The number of carbonyl (C=O) groups is 2. The van der Waals surface area contributed by atoms with Crippen molar-refractivity contribution in [2.45, 2.75) is 25.8 Å². The molecule has 148 valence electrons. The van der Waals surface area contributed by atoms with Crippen LogP contribution in [0.15, 0.2) is 66.0 Å². The molecule has 0 spiro atoms. The quantitative estimate of drug-likeness (QED) is 0.533. The number of hydrogen-bond donors (Lipinski definition) is 3. The van der Waals surface area contributed by atoms with Gasteiger partial charge < -0.3 is 5.32 Å². The Morgan fingerprint density at radius 1 is 0.966 bits per heavy atom. The Hall–Kier alpha value is -3.12. The van der Waals surface area contributed by atoms with Crippen LogP contribution in [-0.2, 0) is 0 Å². The molecular formula is C23H23N3O2S. The average molecular weight is 406 g/mol. The molecule has 0 bridgehead atoms. The van der Waals surface area contributed by atoms with Crippen LogP contribution in [0.3, 0.4) is 0 Å². The Morgan fingerprint density at radius 3 is 2.38 bits per heavy atom. The number of aryl methyl sites for hydroxylation is 1. The third kappa shape index (κ3) is 4.66. The van der Waals surface area contributed by atoms with Crippen LogP contribution in [0.2, 0.25) is 0 Å². The summed E-state index contributed by atoms with van der Waals surface area (Å²) in [7, 11) is 0. The number of hydrazine groups is 1. The lowest BCUT2D eigenvalue weighted by Crippen LogP contribution is -2.48. The van der Waals surface area contributed by atoms with Gasteiger partial charge in [-0.15, -0.1) is 11.3 Å². The van der Waals surface area contributed by atoms with Crippen molar-refractivity contribution in [1.29, 1.82) is 0 Å². The first-order valence-electron chi connectivity index (χ1n) is 9.68. The molecule has 2 aromatic carbocycles. The second-order valence-electron chi connectivity index (χ2n) is 7.31. The topological polar surface area (TPSA) is 70.2 Å². The predicted octanol–water partition coefficient (Wildman–Crippen LogP) is 4.82. The largest absolute Gasteiger partial charge is 0.333 e. The fraction of sp³-hybridized carbons (Fsp3) is 0.217. The zero-order valence-corrected chi connectivity index (χ0v) is 17.0. The number of urea groups is 1. The zero-order chi connectivity index (χ0) is 20.2. The number of nitrogens with one attached hydrogen (secondary N) is 3. The summed E-state index contributed by atoms with van der Waals surface area (Å²) in [5, 5.41) is 4.86. The highest BCUT2D eigenvalue weighted by molar-refractivity contribution is 7.12. The third-order valence-electron chi connectivity index (χ3n) is 5.06. The molecule has 29 heavy (non-hydrogen) atoms. The molecule has 3 N–H and O–H groups in total. The summed E-state index contributed by atoms with van der Waals surface area (Å²) in [6.45, 7) is 2.03. The fourth-order valence-corrected chi connectivity index (χ4v) is 4.17. The minimum absolute atomic E-state index is 0.0436. The van der Waals surface area contributed by atoms with Gasteiger partial charge in [-0.3, -0.25) is 10.2 Å². The summed E-state index contributed by atoms with van der Waals surface area (Å²) in [6, 6.07) is 19.4. The van der Waals surface area contributed by atoms with Crippen LogP contribution in [0, 0.1) is 12.8 Å². The molecule has 0 unspecified atom stereocenters. The maximum Gasteiger partial charge on any atom is 0.333 e. The van der Waals surface area contributed by atoms with E-state index < -0.39 is 6.03 Å². The zero-order valence-electron chi connectivity index (χ0n) is 16.1. The average Bonchev–Trinajstić information content (AvgIpc) is 3.47.